The van der Waals surface area contributed by atoms with Gasteiger partial charge in [-0.2, -0.15) is 5.10 Å². The molecule has 1 amide bonds. The summed E-state index contributed by atoms with van der Waals surface area (Å²) in [5.41, 5.74) is 0.575. The van der Waals surface area contributed by atoms with Crippen molar-refractivity contribution in [1.82, 2.24) is 14.5 Å². The summed E-state index contributed by atoms with van der Waals surface area (Å²) in [6.07, 6.45) is 3.44. The van der Waals surface area contributed by atoms with Crippen LogP contribution in [0.5, 0.6) is 0 Å². The Balaban J connectivity index is 1.50. The van der Waals surface area contributed by atoms with Gasteiger partial charge in [-0.3, -0.25) is 19.3 Å². The molecule has 1 aromatic heterocycles. The Morgan fingerprint density at radius 2 is 1.85 bits per heavy atom. The van der Waals surface area contributed by atoms with Gasteiger partial charge in [-0.25, -0.2) is 13.1 Å². The maximum Gasteiger partial charge on any atom is 0.275 e. The lowest BCUT2D eigenvalue weighted by molar-refractivity contribution is -0.117. The minimum Gasteiger partial charge on any atom is -0.324 e. The average Bonchev–Trinajstić information content (AvgIpc) is 3.05. The van der Waals surface area contributed by atoms with Crippen molar-refractivity contribution in [2.45, 2.75) is 44.0 Å². The fourth-order valence-electron chi connectivity index (χ4n) is 3.76. The van der Waals surface area contributed by atoms with E-state index in [1.807, 2.05) is 12.1 Å². The van der Waals surface area contributed by atoms with Crippen LogP contribution in [0.15, 0.2) is 63.2 Å². The third-order valence-electron chi connectivity index (χ3n) is 5.40. The van der Waals surface area contributed by atoms with Crippen LogP contribution in [0.4, 0.5) is 5.69 Å². The number of rotatable bonds is 5. The number of amidine groups is 1. The number of aromatic nitrogens is 2. The highest BCUT2D eigenvalue weighted by Crippen LogP contribution is 2.17. The van der Waals surface area contributed by atoms with Crippen molar-refractivity contribution in [3.05, 3.63) is 64.6 Å². The number of hydrogen-bond acceptors (Lipinski definition) is 6. The zero-order valence-corrected chi connectivity index (χ0v) is 19.1. The number of aliphatic imine (C=N–C) groups is 1. The van der Waals surface area contributed by atoms with Gasteiger partial charge in [0.25, 0.3) is 15.6 Å². The van der Waals surface area contributed by atoms with Crippen LogP contribution in [0.2, 0.25) is 0 Å². The maximum atomic E-state index is 12.8. The molecular formula is C23H25N5O4S. The summed E-state index contributed by atoms with van der Waals surface area (Å²) in [5, 5.41) is 8.11. The van der Waals surface area contributed by atoms with Gasteiger partial charge < -0.3 is 5.32 Å². The predicted molar refractivity (Wildman–Crippen MR) is 127 cm³/mol. The number of aryl methyl sites for hydroxylation is 1. The molecule has 33 heavy (non-hydrogen) atoms. The molecule has 0 saturated heterocycles. The van der Waals surface area contributed by atoms with E-state index in [2.05, 4.69) is 20.1 Å². The van der Waals surface area contributed by atoms with E-state index in [0.717, 1.165) is 29.3 Å². The molecule has 0 bridgehead atoms. The number of benzene rings is 2. The lowest BCUT2D eigenvalue weighted by Gasteiger charge is -2.12. The van der Waals surface area contributed by atoms with Crippen LogP contribution < -0.4 is 15.6 Å². The van der Waals surface area contributed by atoms with Crippen molar-refractivity contribution in [2.24, 2.45) is 4.99 Å². The molecule has 2 N–H and O–H groups in total. The highest BCUT2D eigenvalue weighted by atomic mass is 32.2. The highest BCUT2D eigenvalue weighted by molar-refractivity contribution is 7.90. The lowest BCUT2D eigenvalue weighted by Crippen LogP contribution is -2.31. The summed E-state index contributed by atoms with van der Waals surface area (Å²) in [7, 11) is -3.83. The number of nitrogens with zero attached hydrogens (tertiary/aromatic N) is 3. The second-order valence-electron chi connectivity index (χ2n) is 7.91. The Morgan fingerprint density at radius 3 is 2.67 bits per heavy atom. The van der Waals surface area contributed by atoms with Crippen molar-refractivity contribution < 1.29 is 13.2 Å². The quantitative estimate of drug-likeness (QED) is 0.597. The van der Waals surface area contributed by atoms with Crippen molar-refractivity contribution in [3.8, 4) is 0 Å². The summed E-state index contributed by atoms with van der Waals surface area (Å²) in [6, 6.07) is 13.0. The van der Waals surface area contributed by atoms with E-state index in [1.165, 1.54) is 12.1 Å². The van der Waals surface area contributed by atoms with Crippen LogP contribution >= 0.6 is 0 Å². The SMILES string of the molecule is Cc1nn(CC(=O)Nc2cccc(S(=O)(=O)NC3=NCCCCC3)c2)c(=O)c2ccccc12. The molecule has 0 saturated carbocycles. The first-order valence-corrected chi connectivity index (χ1v) is 12.2. The first-order valence-electron chi connectivity index (χ1n) is 10.8. The number of carbonyl (C=O) groups is 1. The molecule has 172 valence electrons. The van der Waals surface area contributed by atoms with E-state index in [-0.39, 0.29) is 17.0 Å². The molecule has 10 heteroatoms. The maximum absolute atomic E-state index is 12.8. The van der Waals surface area contributed by atoms with Crippen LogP contribution in [0, 0.1) is 6.92 Å². The Kier molecular flexibility index (Phi) is 6.55. The largest absolute Gasteiger partial charge is 0.324 e. The number of fused-ring (bicyclic) bond motifs is 1. The molecule has 0 radical (unpaired) electrons. The molecule has 2 heterocycles. The van der Waals surface area contributed by atoms with E-state index in [1.54, 1.807) is 31.2 Å². The highest BCUT2D eigenvalue weighted by Gasteiger charge is 2.18. The molecule has 4 rings (SSSR count). The second-order valence-corrected chi connectivity index (χ2v) is 9.60. The molecule has 0 aliphatic carbocycles. The van der Waals surface area contributed by atoms with Crippen molar-refractivity contribution in [2.75, 3.05) is 11.9 Å². The van der Waals surface area contributed by atoms with E-state index in [9.17, 15) is 18.0 Å². The monoisotopic (exact) mass is 467 g/mol. The van der Waals surface area contributed by atoms with Gasteiger partial charge in [0.15, 0.2) is 0 Å². The zero-order valence-electron chi connectivity index (χ0n) is 18.2. The van der Waals surface area contributed by atoms with Gasteiger partial charge >= 0.3 is 0 Å². The van der Waals surface area contributed by atoms with Crippen LogP contribution in [0.3, 0.4) is 0 Å². The van der Waals surface area contributed by atoms with Gasteiger partial charge in [0.05, 0.1) is 16.0 Å². The molecule has 0 fully saturated rings. The molecule has 0 spiro atoms. The topological polar surface area (TPSA) is 123 Å². The first-order chi connectivity index (χ1) is 15.8. The Labute approximate surface area is 191 Å². The minimum atomic E-state index is -3.83. The summed E-state index contributed by atoms with van der Waals surface area (Å²) in [6.45, 7) is 2.09. The minimum absolute atomic E-state index is 0.0177. The van der Waals surface area contributed by atoms with Crippen molar-refractivity contribution in [1.29, 1.82) is 0 Å². The predicted octanol–water partition coefficient (Wildman–Crippen LogP) is 2.59. The lowest BCUT2D eigenvalue weighted by atomic mass is 10.1. The van der Waals surface area contributed by atoms with Gasteiger partial charge in [0, 0.05) is 24.0 Å². The molecule has 0 unspecified atom stereocenters. The first kappa shape index (κ1) is 22.7. The Hall–Kier alpha value is -3.53. The number of nitrogens with one attached hydrogen (secondary N) is 2. The van der Waals surface area contributed by atoms with Gasteiger partial charge in [0.1, 0.15) is 12.4 Å². The third-order valence-corrected chi connectivity index (χ3v) is 6.78. The molecule has 1 aliphatic rings. The summed E-state index contributed by atoms with van der Waals surface area (Å²) < 4.78 is 29.2. The Morgan fingerprint density at radius 1 is 1.06 bits per heavy atom. The molecule has 1 aliphatic heterocycles. The van der Waals surface area contributed by atoms with Gasteiger partial charge in [0.2, 0.25) is 5.91 Å². The smallest absolute Gasteiger partial charge is 0.275 e. The number of sulfonamides is 1. The van der Waals surface area contributed by atoms with Crippen molar-refractivity contribution >= 4 is 38.2 Å². The van der Waals surface area contributed by atoms with Gasteiger partial charge in [-0.05, 0) is 44.0 Å². The van der Waals surface area contributed by atoms with Crippen LogP contribution in [0.25, 0.3) is 10.8 Å². The number of hydrogen-bond donors (Lipinski definition) is 2. The molecular weight excluding hydrogens is 442 g/mol. The summed E-state index contributed by atoms with van der Waals surface area (Å²) in [4.78, 5) is 29.6. The van der Waals surface area contributed by atoms with E-state index in [4.69, 9.17) is 0 Å². The number of anilines is 1. The standard InChI is InChI=1S/C23H25N5O4S/c1-16-19-10-4-5-11-20(19)23(30)28(26-16)15-22(29)25-17-8-7-9-18(14-17)33(31,32)27-21-12-3-2-6-13-24-21/h4-5,7-11,14H,2-3,6,12-13,15H2,1H3,(H,24,27)(H,25,29). The zero-order chi connectivity index (χ0) is 23.4. The third kappa shape index (κ3) is 5.28. The normalized spacial score (nSPS) is 14.4. The van der Waals surface area contributed by atoms with Crippen LogP contribution in [0.1, 0.15) is 31.4 Å². The molecule has 0 atom stereocenters. The van der Waals surface area contributed by atoms with E-state index < -0.39 is 15.9 Å². The summed E-state index contributed by atoms with van der Waals surface area (Å²) in [5.74, 6) is -0.0333. The van der Waals surface area contributed by atoms with E-state index >= 15 is 0 Å². The average molecular weight is 468 g/mol. The van der Waals surface area contributed by atoms with Gasteiger partial charge in [-0.1, -0.05) is 30.7 Å². The number of carbonyl (C=O) groups excluding carboxylic acids is 1. The fraction of sp³-hybridized carbons (Fsp3) is 0.304. The van der Waals surface area contributed by atoms with Crippen molar-refractivity contribution in [3.63, 3.8) is 0 Å². The number of amides is 1. The molecule has 3 aromatic rings. The van der Waals surface area contributed by atoms with Crippen LogP contribution in [-0.2, 0) is 21.4 Å². The van der Waals surface area contributed by atoms with Crippen LogP contribution in [-0.4, -0.2) is 36.5 Å². The second kappa shape index (κ2) is 9.53. The molecule has 9 nitrogen and oxygen atoms in total. The van der Waals surface area contributed by atoms with E-state index in [0.29, 0.717) is 35.6 Å². The summed E-state index contributed by atoms with van der Waals surface area (Å²) >= 11 is 0. The molecule has 2 aromatic carbocycles. The Bertz CT molecular complexity index is 1400. The fourth-order valence-corrected chi connectivity index (χ4v) is 4.90. The van der Waals surface area contributed by atoms with Gasteiger partial charge in [-0.15, -0.1) is 0 Å².